The van der Waals surface area contributed by atoms with E-state index in [9.17, 15) is 23.3 Å². The van der Waals surface area contributed by atoms with E-state index in [-0.39, 0.29) is 0 Å². The Morgan fingerprint density at radius 3 is 2.33 bits per heavy atom. The van der Waals surface area contributed by atoms with Crippen LogP contribution in [0.3, 0.4) is 0 Å². The van der Waals surface area contributed by atoms with Crippen molar-refractivity contribution in [2.45, 2.75) is 26.1 Å². The second-order valence-corrected chi connectivity index (χ2v) is 3.05. The molecule has 0 atom stereocenters. The molecule has 0 aliphatic carbocycles. The van der Waals surface area contributed by atoms with Gasteiger partial charge in [0, 0.05) is 0 Å². The molecule has 0 aliphatic rings. The van der Waals surface area contributed by atoms with Crippen molar-refractivity contribution in [1.29, 1.82) is 0 Å². The molecule has 0 bridgehead atoms. The molecule has 0 amide bonds. The summed E-state index contributed by atoms with van der Waals surface area (Å²) in [7, 11) is 0. The van der Waals surface area contributed by atoms with E-state index in [0.717, 1.165) is 0 Å². The third-order valence-electron chi connectivity index (χ3n) is 1.61. The monoisotopic (exact) mass is 224 g/mol. The van der Waals surface area contributed by atoms with Gasteiger partial charge < -0.3 is 10.1 Å². The number of aromatic nitrogens is 3. The molecule has 84 valence electrons. The lowest BCUT2D eigenvalue weighted by atomic mass is 10.3. The fourth-order valence-corrected chi connectivity index (χ4v) is 1.03. The van der Waals surface area contributed by atoms with Crippen molar-refractivity contribution in [3.05, 3.63) is 15.8 Å². The molecule has 9 heteroatoms. The first-order valence-corrected chi connectivity index (χ1v) is 3.92. The third kappa shape index (κ3) is 2.05. The van der Waals surface area contributed by atoms with E-state index < -0.39 is 28.7 Å². The molecule has 0 aromatic carbocycles. The summed E-state index contributed by atoms with van der Waals surface area (Å²) in [6.07, 6.45) is -4.84. The van der Waals surface area contributed by atoms with Crippen LogP contribution in [0.5, 0.6) is 0 Å². The van der Waals surface area contributed by atoms with Crippen molar-refractivity contribution in [2.75, 3.05) is 0 Å². The lowest BCUT2D eigenvalue weighted by molar-refractivity contribution is -0.392. The van der Waals surface area contributed by atoms with Gasteiger partial charge in [0.25, 0.3) is 0 Å². The number of nitro groups is 1. The van der Waals surface area contributed by atoms with Crippen LogP contribution < -0.4 is 0 Å². The van der Waals surface area contributed by atoms with Crippen LogP contribution in [-0.2, 0) is 6.18 Å². The molecule has 1 rings (SSSR count). The van der Waals surface area contributed by atoms with Gasteiger partial charge in [-0.1, -0.05) is 0 Å². The van der Waals surface area contributed by atoms with Crippen LogP contribution in [0.1, 0.15) is 25.6 Å². The minimum atomic E-state index is -4.84. The summed E-state index contributed by atoms with van der Waals surface area (Å²) in [6.45, 7) is 2.85. The number of halogens is 3. The van der Waals surface area contributed by atoms with Crippen molar-refractivity contribution in [1.82, 2.24) is 15.0 Å². The summed E-state index contributed by atoms with van der Waals surface area (Å²) in [5, 5.41) is 16.3. The molecule has 6 nitrogen and oxygen atoms in total. The summed E-state index contributed by atoms with van der Waals surface area (Å²) in [5.41, 5.74) is -1.43. The zero-order valence-corrected chi connectivity index (χ0v) is 7.82. The van der Waals surface area contributed by atoms with Gasteiger partial charge in [-0.05, 0) is 18.8 Å². The molecule has 0 fully saturated rings. The number of rotatable bonds is 2. The summed E-state index contributed by atoms with van der Waals surface area (Å²) < 4.78 is 37.9. The van der Waals surface area contributed by atoms with E-state index in [1.165, 1.54) is 13.8 Å². The maximum absolute atomic E-state index is 12.5. The normalized spacial score (nSPS) is 12.1. The van der Waals surface area contributed by atoms with E-state index >= 15 is 0 Å². The van der Waals surface area contributed by atoms with Gasteiger partial charge >= 0.3 is 12.0 Å². The maximum Gasteiger partial charge on any atom is 0.441 e. The van der Waals surface area contributed by atoms with E-state index in [4.69, 9.17) is 0 Å². The first-order chi connectivity index (χ1) is 6.75. The zero-order valence-electron chi connectivity index (χ0n) is 7.82. The smallest absolute Gasteiger partial charge is 0.358 e. The fraction of sp³-hybridized carbons (Fsp3) is 0.667. The molecule has 0 aliphatic heterocycles. The number of hydrogen-bond donors (Lipinski definition) is 0. The fourth-order valence-electron chi connectivity index (χ4n) is 1.03. The molecular formula is C6H7F3N4O2. The average Bonchev–Trinajstić information content (AvgIpc) is 2.45. The predicted molar refractivity (Wildman–Crippen MR) is 42.1 cm³/mol. The molecule has 0 saturated carbocycles. The van der Waals surface area contributed by atoms with Gasteiger partial charge in [-0.2, -0.15) is 13.2 Å². The first-order valence-electron chi connectivity index (χ1n) is 3.92. The van der Waals surface area contributed by atoms with Crippen LogP contribution in [0.4, 0.5) is 19.0 Å². The van der Waals surface area contributed by atoms with Crippen LogP contribution in [0, 0.1) is 10.1 Å². The van der Waals surface area contributed by atoms with Crippen molar-refractivity contribution >= 4 is 5.82 Å². The van der Waals surface area contributed by atoms with Gasteiger partial charge in [-0.15, -0.1) is 0 Å². The first kappa shape index (κ1) is 11.4. The van der Waals surface area contributed by atoms with E-state index in [1.54, 1.807) is 0 Å². The lowest BCUT2D eigenvalue weighted by Gasteiger charge is -2.09. The average molecular weight is 224 g/mol. The Morgan fingerprint density at radius 1 is 1.47 bits per heavy atom. The van der Waals surface area contributed by atoms with Crippen molar-refractivity contribution in [3.63, 3.8) is 0 Å². The molecule has 0 spiro atoms. The highest BCUT2D eigenvalue weighted by atomic mass is 19.4. The van der Waals surface area contributed by atoms with Crippen LogP contribution in [0.25, 0.3) is 0 Å². The van der Waals surface area contributed by atoms with Crippen molar-refractivity contribution in [2.24, 2.45) is 0 Å². The zero-order chi connectivity index (χ0) is 11.8. The van der Waals surface area contributed by atoms with Crippen LogP contribution in [0.2, 0.25) is 0 Å². The summed E-state index contributed by atoms with van der Waals surface area (Å²) in [5.74, 6) is -1.27. The summed E-state index contributed by atoms with van der Waals surface area (Å²) in [4.78, 5) is 9.09. The highest BCUT2D eigenvalue weighted by Crippen LogP contribution is 2.35. The maximum atomic E-state index is 12.5. The molecule has 0 unspecified atom stereocenters. The molecule has 15 heavy (non-hydrogen) atoms. The topological polar surface area (TPSA) is 73.8 Å². The Hall–Kier alpha value is -1.67. The van der Waals surface area contributed by atoms with Gasteiger partial charge in [0.2, 0.25) is 5.69 Å². The van der Waals surface area contributed by atoms with E-state index in [2.05, 4.69) is 10.3 Å². The second kappa shape index (κ2) is 3.48. The minimum Gasteiger partial charge on any atom is -0.358 e. The van der Waals surface area contributed by atoms with Crippen molar-refractivity contribution < 1.29 is 18.1 Å². The number of nitrogens with zero attached hydrogens (tertiary/aromatic N) is 4. The molecule has 0 N–H and O–H groups in total. The van der Waals surface area contributed by atoms with Crippen LogP contribution in [-0.4, -0.2) is 19.9 Å². The summed E-state index contributed by atoms with van der Waals surface area (Å²) >= 11 is 0. The molecule has 1 aromatic rings. The Bertz CT molecular complexity index is 384. The largest absolute Gasteiger partial charge is 0.441 e. The number of alkyl halides is 3. The molecule has 0 saturated heterocycles. The Kier molecular flexibility index (Phi) is 2.65. The third-order valence-corrected chi connectivity index (χ3v) is 1.61. The van der Waals surface area contributed by atoms with E-state index in [0.29, 0.717) is 4.68 Å². The minimum absolute atomic E-state index is 0.484. The van der Waals surface area contributed by atoms with Crippen LogP contribution in [0.15, 0.2) is 0 Å². The van der Waals surface area contributed by atoms with Gasteiger partial charge in [0.15, 0.2) is 0 Å². The Labute approximate surface area is 81.8 Å². The van der Waals surface area contributed by atoms with E-state index in [1.807, 2.05) is 0 Å². The molecule has 1 heterocycles. The Morgan fingerprint density at radius 2 is 2.00 bits per heavy atom. The van der Waals surface area contributed by atoms with Gasteiger partial charge in [-0.25, -0.2) is 4.68 Å². The second-order valence-electron chi connectivity index (χ2n) is 3.05. The number of hydrogen-bond acceptors (Lipinski definition) is 4. The highest BCUT2D eigenvalue weighted by molar-refractivity contribution is 5.27. The van der Waals surface area contributed by atoms with Gasteiger partial charge in [0.05, 0.1) is 11.3 Å². The summed E-state index contributed by atoms with van der Waals surface area (Å²) in [6, 6.07) is -0.650. The standard InChI is InChI=1S/C6H7F3N4O2/c1-3(2)12-4(6(7,8)9)5(10-11-12)13(14)15/h3H,1-2H3. The van der Waals surface area contributed by atoms with Crippen LogP contribution >= 0.6 is 0 Å². The van der Waals surface area contributed by atoms with Gasteiger partial charge in [-0.3, -0.25) is 0 Å². The quantitative estimate of drug-likeness (QED) is 0.566. The van der Waals surface area contributed by atoms with Gasteiger partial charge in [0.1, 0.15) is 5.10 Å². The molecule has 0 radical (unpaired) electrons. The molecular weight excluding hydrogens is 217 g/mol. The lowest BCUT2D eigenvalue weighted by Crippen LogP contribution is -2.17. The highest BCUT2D eigenvalue weighted by Gasteiger charge is 2.45. The Balaban J connectivity index is 3.40. The molecule has 1 aromatic heterocycles. The predicted octanol–water partition coefficient (Wildman–Crippen LogP) is 1.79. The SMILES string of the molecule is CC(C)n1nnc([N+](=O)[O-])c1C(F)(F)F. The van der Waals surface area contributed by atoms with Crippen molar-refractivity contribution in [3.8, 4) is 0 Å².